The maximum absolute atomic E-state index is 10.9. The normalized spacial score (nSPS) is 9.83. The van der Waals surface area contributed by atoms with E-state index >= 15 is 0 Å². The summed E-state index contributed by atoms with van der Waals surface area (Å²) in [5, 5.41) is 21.7. The van der Waals surface area contributed by atoms with Crippen molar-refractivity contribution in [1.82, 2.24) is 0 Å². The molecular formula is C7H6O5-2. The summed E-state index contributed by atoms with van der Waals surface area (Å²) >= 11 is 0. The van der Waals surface area contributed by atoms with Crippen LogP contribution in [-0.2, 0) is 4.74 Å². The first-order valence-corrected chi connectivity index (χ1v) is 3.13. The molecule has 0 amide bonds. The van der Waals surface area contributed by atoms with Crippen molar-refractivity contribution >= 4 is 5.97 Å². The molecule has 5 heteroatoms. The van der Waals surface area contributed by atoms with Gasteiger partial charge in [-0.3, -0.25) is 0 Å². The zero-order valence-electron chi connectivity index (χ0n) is 6.54. The molecule has 12 heavy (non-hydrogen) atoms. The van der Waals surface area contributed by atoms with Crippen LogP contribution >= 0.6 is 0 Å². The third-order valence-electron chi connectivity index (χ3n) is 1.36. The van der Waals surface area contributed by atoms with Crippen LogP contribution in [0.4, 0.5) is 0 Å². The fourth-order valence-electron chi connectivity index (χ4n) is 0.736. The Morgan fingerprint density at radius 2 is 2.00 bits per heavy atom. The number of carbonyl (C=O) groups is 1. The number of hydrogen-bond acceptors (Lipinski definition) is 5. The van der Waals surface area contributed by atoms with Crippen molar-refractivity contribution in [3.63, 3.8) is 0 Å². The highest BCUT2D eigenvalue weighted by Gasteiger charge is 2.12. The van der Waals surface area contributed by atoms with Crippen LogP contribution in [0.15, 0.2) is 4.42 Å². The van der Waals surface area contributed by atoms with Gasteiger partial charge in [0, 0.05) is 0 Å². The summed E-state index contributed by atoms with van der Waals surface area (Å²) in [4.78, 5) is 10.7. The Morgan fingerprint density at radius 1 is 1.42 bits per heavy atom. The number of rotatable bonds is 1. The Bertz CT molecular complexity index is 312. The molecule has 0 aromatic carbocycles. The second-order valence-electron chi connectivity index (χ2n) is 2.14. The summed E-state index contributed by atoms with van der Waals surface area (Å²) in [6.45, 7) is 1.32. The quantitative estimate of drug-likeness (QED) is 0.531. The van der Waals surface area contributed by atoms with E-state index in [2.05, 4.69) is 9.15 Å². The fraction of sp³-hybridized carbons (Fsp3) is 0.286. The van der Waals surface area contributed by atoms with Crippen molar-refractivity contribution in [1.29, 1.82) is 0 Å². The zero-order valence-corrected chi connectivity index (χ0v) is 6.54. The van der Waals surface area contributed by atoms with Gasteiger partial charge in [0.2, 0.25) is 5.76 Å². The number of methoxy groups -OCH3 is 1. The second kappa shape index (κ2) is 2.77. The smallest absolute Gasteiger partial charge is 0.373 e. The van der Waals surface area contributed by atoms with Gasteiger partial charge < -0.3 is 19.4 Å². The third-order valence-corrected chi connectivity index (χ3v) is 1.36. The van der Waals surface area contributed by atoms with E-state index < -0.39 is 23.2 Å². The Morgan fingerprint density at radius 3 is 2.33 bits per heavy atom. The van der Waals surface area contributed by atoms with Crippen molar-refractivity contribution in [2.24, 2.45) is 0 Å². The average Bonchev–Trinajstić information content (AvgIpc) is 2.32. The average molecular weight is 170 g/mol. The summed E-state index contributed by atoms with van der Waals surface area (Å²) in [6, 6.07) is 0. The Kier molecular flexibility index (Phi) is 1.95. The SMILES string of the molecule is COC(=O)c1oc(C)c([O-])c1[O-]. The topological polar surface area (TPSA) is 85.6 Å². The van der Waals surface area contributed by atoms with Gasteiger partial charge in [0.05, 0.1) is 12.9 Å². The largest absolute Gasteiger partial charge is 0.871 e. The van der Waals surface area contributed by atoms with Gasteiger partial charge >= 0.3 is 5.97 Å². The van der Waals surface area contributed by atoms with Crippen LogP contribution < -0.4 is 10.2 Å². The van der Waals surface area contributed by atoms with E-state index in [4.69, 9.17) is 0 Å². The number of furan rings is 1. The summed E-state index contributed by atoms with van der Waals surface area (Å²) in [6.07, 6.45) is 0. The van der Waals surface area contributed by atoms with Crippen molar-refractivity contribution in [3.8, 4) is 11.5 Å². The first kappa shape index (κ1) is 8.45. The van der Waals surface area contributed by atoms with E-state index in [9.17, 15) is 15.0 Å². The minimum absolute atomic E-state index is 0.0969. The highest BCUT2D eigenvalue weighted by molar-refractivity contribution is 5.90. The molecule has 0 aliphatic heterocycles. The molecule has 0 spiro atoms. The maximum atomic E-state index is 10.9. The van der Waals surface area contributed by atoms with Crippen LogP contribution in [0.2, 0.25) is 0 Å². The van der Waals surface area contributed by atoms with E-state index in [-0.39, 0.29) is 5.76 Å². The van der Waals surface area contributed by atoms with Gasteiger partial charge in [-0.25, -0.2) is 4.79 Å². The van der Waals surface area contributed by atoms with Gasteiger partial charge in [0.1, 0.15) is 0 Å². The molecule has 1 aromatic rings. The highest BCUT2D eigenvalue weighted by atomic mass is 16.5. The van der Waals surface area contributed by atoms with Crippen molar-refractivity contribution in [3.05, 3.63) is 11.5 Å². The van der Waals surface area contributed by atoms with Crippen molar-refractivity contribution in [2.75, 3.05) is 7.11 Å². The third kappa shape index (κ3) is 1.09. The molecule has 0 saturated heterocycles. The molecule has 0 unspecified atom stereocenters. The lowest BCUT2D eigenvalue weighted by Gasteiger charge is -2.10. The minimum atomic E-state index is -0.945. The van der Waals surface area contributed by atoms with Gasteiger partial charge in [-0.05, 0) is 6.92 Å². The molecule has 0 atom stereocenters. The molecule has 0 bridgehead atoms. The van der Waals surface area contributed by atoms with Gasteiger partial charge in [-0.2, -0.15) is 0 Å². The number of carbonyl (C=O) groups excluding carboxylic acids is 1. The fourth-order valence-corrected chi connectivity index (χ4v) is 0.736. The predicted molar refractivity (Wildman–Crippen MR) is 33.7 cm³/mol. The monoisotopic (exact) mass is 170 g/mol. The first-order valence-electron chi connectivity index (χ1n) is 3.13. The Hall–Kier alpha value is -1.65. The number of hydrogen-bond donors (Lipinski definition) is 0. The van der Waals surface area contributed by atoms with Crippen LogP contribution in [-0.4, -0.2) is 13.1 Å². The van der Waals surface area contributed by atoms with Gasteiger partial charge in [-0.1, -0.05) is 11.5 Å². The standard InChI is InChI=1S/C7H8O5/c1-3-4(8)5(9)6(12-3)7(10)11-2/h8-9H,1-2H3/p-2. The second-order valence-corrected chi connectivity index (χ2v) is 2.14. The van der Waals surface area contributed by atoms with Crippen LogP contribution in [0.25, 0.3) is 0 Å². The first-order chi connectivity index (χ1) is 5.57. The summed E-state index contributed by atoms with van der Waals surface area (Å²) in [5.41, 5.74) is 0. The molecule has 0 saturated carbocycles. The minimum Gasteiger partial charge on any atom is -0.871 e. The molecule has 1 heterocycles. The lowest BCUT2D eigenvalue weighted by molar-refractivity contribution is -0.317. The van der Waals surface area contributed by atoms with Crippen LogP contribution in [0.1, 0.15) is 16.3 Å². The molecule has 1 rings (SSSR count). The maximum Gasteiger partial charge on any atom is 0.373 e. The van der Waals surface area contributed by atoms with E-state index in [1.165, 1.54) is 6.92 Å². The molecule has 5 nitrogen and oxygen atoms in total. The Balaban J connectivity index is 3.17. The molecule has 0 aliphatic rings. The van der Waals surface area contributed by atoms with Gasteiger partial charge in [0.25, 0.3) is 0 Å². The molecule has 0 N–H and O–H groups in total. The van der Waals surface area contributed by atoms with E-state index in [0.717, 1.165) is 7.11 Å². The number of ether oxygens (including phenoxy) is 1. The molecular weight excluding hydrogens is 164 g/mol. The lowest BCUT2D eigenvalue weighted by Crippen LogP contribution is -2.05. The van der Waals surface area contributed by atoms with Crippen molar-refractivity contribution in [2.45, 2.75) is 6.92 Å². The van der Waals surface area contributed by atoms with Crippen LogP contribution in [0, 0.1) is 6.92 Å². The lowest BCUT2D eigenvalue weighted by atomic mass is 10.3. The van der Waals surface area contributed by atoms with E-state index in [1.54, 1.807) is 0 Å². The van der Waals surface area contributed by atoms with E-state index in [0.29, 0.717) is 0 Å². The molecule has 66 valence electrons. The molecule has 0 fully saturated rings. The molecule has 1 aromatic heterocycles. The number of aryl methyl sites for hydroxylation is 1. The van der Waals surface area contributed by atoms with Crippen molar-refractivity contribution < 1.29 is 24.2 Å². The Labute approximate surface area is 68.2 Å². The number of esters is 1. The molecule has 0 aliphatic carbocycles. The zero-order chi connectivity index (χ0) is 9.30. The van der Waals surface area contributed by atoms with Crippen LogP contribution in [0.5, 0.6) is 11.5 Å². The van der Waals surface area contributed by atoms with E-state index in [1.807, 2.05) is 0 Å². The highest BCUT2D eigenvalue weighted by Crippen LogP contribution is 2.30. The van der Waals surface area contributed by atoms with Gasteiger partial charge in [-0.15, -0.1) is 0 Å². The van der Waals surface area contributed by atoms with Crippen LogP contribution in [0.3, 0.4) is 0 Å². The summed E-state index contributed by atoms with van der Waals surface area (Å²) < 4.78 is 8.81. The van der Waals surface area contributed by atoms with Gasteiger partial charge in [0.15, 0.2) is 0 Å². The summed E-state index contributed by atoms with van der Waals surface area (Å²) in [5.74, 6) is -3.32. The molecule has 0 radical (unpaired) electrons. The predicted octanol–water partition coefficient (Wildman–Crippen LogP) is -0.478. The summed E-state index contributed by atoms with van der Waals surface area (Å²) in [7, 11) is 1.10.